The second-order valence-corrected chi connectivity index (χ2v) is 14.9. The number of H-pyrrole nitrogens is 1. The van der Waals surface area contributed by atoms with E-state index in [4.69, 9.17) is 4.11 Å². The lowest BCUT2D eigenvalue weighted by molar-refractivity contribution is -0.556. The maximum absolute atomic E-state index is 8.65. The fourth-order valence-electron chi connectivity index (χ4n) is 7.68. The van der Waals surface area contributed by atoms with Gasteiger partial charge < -0.3 is 0 Å². The molecule has 0 aliphatic heterocycles. The molecular weight excluding hydrogens is 613 g/mol. The highest BCUT2D eigenvalue weighted by Gasteiger charge is 2.30. The molecule has 2 heterocycles. The topological polar surface area (TPSA) is 19.7 Å². The van der Waals surface area contributed by atoms with E-state index in [0.29, 0.717) is 5.56 Å². The van der Waals surface area contributed by atoms with Crippen LogP contribution < -0.4 is 4.57 Å². The van der Waals surface area contributed by atoms with Gasteiger partial charge in [-0.3, -0.25) is 0 Å². The van der Waals surface area contributed by atoms with Gasteiger partial charge >= 0.3 is 0 Å². The first-order valence-corrected chi connectivity index (χ1v) is 18.0. The molecule has 0 atom stereocenters. The van der Waals surface area contributed by atoms with Gasteiger partial charge in [-0.1, -0.05) is 113 Å². The van der Waals surface area contributed by atoms with Crippen LogP contribution in [-0.4, -0.2) is 4.98 Å². The van der Waals surface area contributed by atoms with Gasteiger partial charge in [0.05, 0.1) is 10.3 Å². The Labute approximate surface area is 295 Å². The standard InChI is InChI=1S/C46H38N2S/c1-27(2)36-24-33(30-13-7-6-8-14-30)25-37(28(3)4)44(36)48-41-18-12-11-17-40(41)47-46(48)35-22-19-29(5)43-39-23-32-21-20-31-15-9-10-16-34(31)38(32)26-42(39)49-45(35)43/h6-28H,1-5H3/p+1/i5D3. The third-order valence-electron chi connectivity index (χ3n) is 10.1. The van der Waals surface area contributed by atoms with E-state index in [2.05, 4.69) is 153 Å². The second-order valence-electron chi connectivity index (χ2n) is 13.8. The Hall–Kier alpha value is -5.25. The first-order chi connectivity index (χ1) is 25.1. The predicted octanol–water partition coefficient (Wildman–Crippen LogP) is 13.0. The van der Waals surface area contributed by atoms with Crippen molar-refractivity contribution in [2.45, 2.75) is 46.4 Å². The van der Waals surface area contributed by atoms with Crippen molar-refractivity contribution in [3.05, 3.63) is 144 Å². The molecule has 49 heavy (non-hydrogen) atoms. The second kappa shape index (κ2) is 11.4. The fourth-order valence-corrected chi connectivity index (χ4v) is 8.95. The summed E-state index contributed by atoms with van der Waals surface area (Å²) in [6, 6.07) is 45.0. The van der Waals surface area contributed by atoms with Crippen LogP contribution in [-0.2, 0) is 0 Å². The van der Waals surface area contributed by atoms with Crippen LogP contribution in [0, 0.1) is 6.85 Å². The SMILES string of the molecule is [2H]C([2H])([2H])c1ccc(-c2[nH]c3ccccc3[n+]2-c2c(C(C)C)cc(-c3ccccc3)cc2C(C)C)c2sc3cc4c(ccc5ccccc54)cc3c12. The minimum atomic E-state index is -2.28. The highest BCUT2D eigenvalue weighted by Crippen LogP contribution is 2.44. The van der Waals surface area contributed by atoms with Crippen LogP contribution >= 0.6 is 11.3 Å². The van der Waals surface area contributed by atoms with Gasteiger partial charge in [0, 0.05) is 30.7 Å². The Balaban J connectivity index is 1.40. The summed E-state index contributed by atoms with van der Waals surface area (Å²) in [7, 11) is 0. The number of para-hydroxylation sites is 2. The lowest BCUT2D eigenvalue weighted by Crippen LogP contribution is -2.35. The summed E-state index contributed by atoms with van der Waals surface area (Å²) in [5.74, 6) is 1.44. The quantitative estimate of drug-likeness (QED) is 0.141. The molecule has 7 aromatic carbocycles. The molecule has 0 radical (unpaired) electrons. The normalized spacial score (nSPS) is 13.3. The van der Waals surface area contributed by atoms with Crippen LogP contribution in [0.25, 0.3) is 81.0 Å². The van der Waals surface area contributed by atoms with E-state index in [-0.39, 0.29) is 11.8 Å². The Morgan fingerprint density at radius 2 is 1.35 bits per heavy atom. The monoisotopic (exact) mass is 654 g/mol. The molecule has 2 nitrogen and oxygen atoms in total. The molecule has 0 unspecified atom stereocenters. The molecular formula is C46H39N2S+. The molecule has 238 valence electrons. The zero-order valence-corrected chi connectivity index (χ0v) is 29.0. The Morgan fingerprint density at radius 1 is 0.633 bits per heavy atom. The van der Waals surface area contributed by atoms with Crippen molar-refractivity contribution < 1.29 is 8.68 Å². The van der Waals surface area contributed by atoms with Gasteiger partial charge in [0.25, 0.3) is 5.82 Å². The van der Waals surface area contributed by atoms with Crippen molar-refractivity contribution in [2.75, 3.05) is 0 Å². The number of aromatic nitrogens is 2. The van der Waals surface area contributed by atoms with Crippen LogP contribution in [0.2, 0.25) is 0 Å². The highest BCUT2D eigenvalue weighted by molar-refractivity contribution is 7.26. The van der Waals surface area contributed by atoms with Crippen LogP contribution in [0.3, 0.4) is 0 Å². The number of thiophene rings is 1. The zero-order chi connectivity index (χ0) is 35.9. The average molecular weight is 655 g/mol. The van der Waals surface area contributed by atoms with E-state index < -0.39 is 6.85 Å². The lowest BCUT2D eigenvalue weighted by Gasteiger charge is -2.20. The summed E-state index contributed by atoms with van der Waals surface area (Å²) in [5, 5.41) is 6.47. The van der Waals surface area contributed by atoms with Gasteiger partial charge in [-0.05, 0) is 99.4 Å². The number of fused-ring (bicyclic) bond motifs is 7. The molecule has 0 saturated carbocycles. The van der Waals surface area contributed by atoms with E-state index >= 15 is 0 Å². The fraction of sp³-hybridized carbons (Fsp3) is 0.152. The van der Waals surface area contributed by atoms with Gasteiger partial charge in [-0.2, -0.15) is 4.57 Å². The summed E-state index contributed by atoms with van der Waals surface area (Å²) in [6.07, 6.45) is 0. The van der Waals surface area contributed by atoms with Crippen molar-refractivity contribution in [3.63, 3.8) is 0 Å². The van der Waals surface area contributed by atoms with Crippen LogP contribution in [0.5, 0.6) is 0 Å². The first kappa shape index (κ1) is 26.7. The van der Waals surface area contributed by atoms with E-state index in [9.17, 15) is 0 Å². The first-order valence-electron chi connectivity index (χ1n) is 18.7. The Bertz CT molecular complexity index is 2810. The van der Waals surface area contributed by atoms with Crippen molar-refractivity contribution >= 4 is 64.1 Å². The molecule has 0 aliphatic carbocycles. The molecule has 9 rings (SSSR count). The number of aryl methyl sites for hydroxylation is 1. The van der Waals surface area contributed by atoms with E-state index in [1.165, 1.54) is 44.1 Å². The molecule has 9 aromatic rings. The molecule has 2 aromatic heterocycles. The number of imidazole rings is 1. The molecule has 0 saturated heterocycles. The molecule has 0 amide bonds. The predicted molar refractivity (Wildman–Crippen MR) is 212 cm³/mol. The molecule has 0 bridgehead atoms. The third kappa shape index (κ3) is 4.71. The third-order valence-corrected chi connectivity index (χ3v) is 11.3. The zero-order valence-electron chi connectivity index (χ0n) is 31.1. The average Bonchev–Trinajstić information content (AvgIpc) is 3.71. The van der Waals surface area contributed by atoms with Crippen molar-refractivity contribution in [2.24, 2.45) is 0 Å². The number of nitrogens with zero attached hydrogens (tertiary/aromatic N) is 1. The minimum absolute atomic E-state index is 0.245. The maximum atomic E-state index is 8.65. The van der Waals surface area contributed by atoms with Crippen molar-refractivity contribution in [1.82, 2.24) is 4.98 Å². The Morgan fingerprint density at radius 3 is 2.12 bits per heavy atom. The van der Waals surface area contributed by atoms with Gasteiger partial charge in [-0.25, -0.2) is 4.98 Å². The molecule has 0 spiro atoms. The summed E-state index contributed by atoms with van der Waals surface area (Å²) in [6.45, 7) is 6.82. The van der Waals surface area contributed by atoms with Gasteiger partial charge in [0.1, 0.15) is 5.69 Å². The van der Waals surface area contributed by atoms with E-state index in [1.807, 2.05) is 12.1 Å². The number of rotatable bonds is 5. The highest BCUT2D eigenvalue weighted by atomic mass is 32.1. The minimum Gasteiger partial charge on any atom is -0.236 e. The number of aromatic amines is 1. The summed E-state index contributed by atoms with van der Waals surface area (Å²) in [5.41, 5.74) is 9.63. The number of hydrogen-bond donors (Lipinski definition) is 1. The van der Waals surface area contributed by atoms with Crippen molar-refractivity contribution in [3.8, 4) is 28.2 Å². The number of nitrogens with one attached hydrogen (secondary N) is 1. The number of benzene rings is 7. The smallest absolute Gasteiger partial charge is 0.236 e. The number of hydrogen-bond acceptors (Lipinski definition) is 1. The summed E-state index contributed by atoms with van der Waals surface area (Å²) >= 11 is 1.69. The summed E-state index contributed by atoms with van der Waals surface area (Å²) < 4.78 is 30.4. The molecule has 1 N–H and O–H groups in total. The van der Waals surface area contributed by atoms with Crippen LogP contribution in [0.4, 0.5) is 0 Å². The van der Waals surface area contributed by atoms with Crippen LogP contribution in [0.15, 0.2) is 127 Å². The Kier molecular flexibility index (Phi) is 6.22. The van der Waals surface area contributed by atoms with E-state index in [0.717, 1.165) is 48.0 Å². The van der Waals surface area contributed by atoms with E-state index in [1.54, 1.807) is 11.3 Å². The largest absolute Gasteiger partial charge is 0.294 e. The van der Waals surface area contributed by atoms with Gasteiger partial charge in [0.15, 0.2) is 11.0 Å². The van der Waals surface area contributed by atoms with Gasteiger partial charge in [0.2, 0.25) is 0 Å². The van der Waals surface area contributed by atoms with Crippen LogP contribution in [0.1, 0.15) is 60.3 Å². The lowest BCUT2D eigenvalue weighted by atomic mass is 9.88. The maximum Gasteiger partial charge on any atom is 0.294 e. The van der Waals surface area contributed by atoms with Crippen molar-refractivity contribution in [1.29, 1.82) is 0 Å². The van der Waals surface area contributed by atoms with Gasteiger partial charge in [-0.15, -0.1) is 11.3 Å². The molecule has 0 fully saturated rings. The molecule has 3 heteroatoms. The summed E-state index contributed by atoms with van der Waals surface area (Å²) in [4.78, 5) is 3.84. The molecule has 0 aliphatic rings.